The van der Waals surface area contributed by atoms with E-state index >= 15 is 0 Å². The van der Waals surface area contributed by atoms with Crippen LogP contribution in [0.2, 0.25) is 0 Å². The third kappa shape index (κ3) is 2.76. The molecule has 1 aliphatic rings. The maximum Gasteiger partial charge on any atom is 0.255 e. The third-order valence-electron chi connectivity index (χ3n) is 3.37. The molecule has 1 unspecified atom stereocenters. The fraction of sp³-hybridized carbons (Fsp3) is 0.357. The second-order valence-electron chi connectivity index (χ2n) is 4.75. The lowest BCUT2D eigenvalue weighted by Crippen LogP contribution is -2.51. The third-order valence-corrected chi connectivity index (χ3v) is 4.33. The number of hydrogen-bond donors (Lipinski definition) is 1. The normalized spacial score (nSPS) is 19.2. The lowest BCUT2D eigenvalue weighted by molar-refractivity contribution is 0.0711. The van der Waals surface area contributed by atoms with Crippen LogP contribution in [0.1, 0.15) is 17.3 Å². The van der Waals surface area contributed by atoms with Crippen molar-refractivity contribution >= 4 is 39.7 Å². The number of amides is 1. The lowest BCUT2D eigenvalue weighted by Gasteiger charge is -2.31. The van der Waals surface area contributed by atoms with Crippen molar-refractivity contribution < 1.29 is 4.79 Å². The molecule has 0 saturated carbocycles. The molecule has 102 valence electrons. The van der Waals surface area contributed by atoms with Gasteiger partial charge in [-0.25, -0.2) is 0 Å². The number of rotatable bonds is 1. The van der Waals surface area contributed by atoms with Gasteiger partial charge in [0.1, 0.15) is 0 Å². The molecular formula is C14H17ClN2OS. The van der Waals surface area contributed by atoms with Crippen molar-refractivity contribution in [3.63, 3.8) is 0 Å². The zero-order valence-corrected chi connectivity index (χ0v) is 12.4. The van der Waals surface area contributed by atoms with Crippen molar-refractivity contribution in [1.82, 2.24) is 10.2 Å². The van der Waals surface area contributed by atoms with Crippen LogP contribution < -0.4 is 5.32 Å². The number of nitrogens with zero attached hydrogens (tertiary/aromatic N) is 1. The molecule has 0 radical (unpaired) electrons. The maximum absolute atomic E-state index is 12.5. The summed E-state index contributed by atoms with van der Waals surface area (Å²) in [4.78, 5) is 14.5. The Labute approximate surface area is 123 Å². The van der Waals surface area contributed by atoms with Crippen LogP contribution in [0.5, 0.6) is 0 Å². The van der Waals surface area contributed by atoms with E-state index in [1.807, 2.05) is 28.5 Å². The first kappa shape index (κ1) is 14.3. The first-order valence-corrected chi connectivity index (χ1v) is 7.12. The van der Waals surface area contributed by atoms with E-state index < -0.39 is 0 Å². The number of fused-ring (bicyclic) bond motifs is 1. The standard InChI is InChI=1S/C14H16N2OS.ClH/c1-10-8-16(7-6-15-10)14(17)12-9-18-13-5-3-2-4-11(12)13;/h2-5,9-10,15H,6-8H2,1H3;1H. The minimum Gasteiger partial charge on any atom is -0.336 e. The highest BCUT2D eigenvalue weighted by Gasteiger charge is 2.23. The number of halogens is 1. The molecule has 0 aliphatic carbocycles. The van der Waals surface area contributed by atoms with Gasteiger partial charge in [0.05, 0.1) is 5.56 Å². The zero-order chi connectivity index (χ0) is 12.5. The highest BCUT2D eigenvalue weighted by atomic mass is 35.5. The van der Waals surface area contributed by atoms with Gasteiger partial charge in [0.25, 0.3) is 5.91 Å². The van der Waals surface area contributed by atoms with Crippen molar-refractivity contribution in [3.8, 4) is 0 Å². The fourth-order valence-corrected chi connectivity index (χ4v) is 3.37. The Bertz CT molecular complexity index is 584. The minimum absolute atomic E-state index is 0. The average molecular weight is 297 g/mol. The molecular weight excluding hydrogens is 280 g/mol. The molecule has 19 heavy (non-hydrogen) atoms. The Morgan fingerprint density at radius 3 is 3.00 bits per heavy atom. The zero-order valence-electron chi connectivity index (χ0n) is 10.8. The van der Waals surface area contributed by atoms with Crippen LogP contribution in [0.25, 0.3) is 10.1 Å². The van der Waals surface area contributed by atoms with Gasteiger partial charge in [0.2, 0.25) is 0 Å². The lowest BCUT2D eigenvalue weighted by atomic mass is 10.1. The second-order valence-corrected chi connectivity index (χ2v) is 5.66. The molecule has 1 aromatic heterocycles. The number of benzene rings is 1. The summed E-state index contributed by atoms with van der Waals surface area (Å²) in [5.41, 5.74) is 0.852. The summed E-state index contributed by atoms with van der Waals surface area (Å²) in [6.45, 7) is 4.59. The van der Waals surface area contributed by atoms with Crippen molar-refractivity contribution in [3.05, 3.63) is 35.2 Å². The molecule has 1 aliphatic heterocycles. The average Bonchev–Trinajstić information content (AvgIpc) is 2.82. The Balaban J connectivity index is 0.00000133. The summed E-state index contributed by atoms with van der Waals surface area (Å²) < 4.78 is 1.18. The van der Waals surface area contributed by atoms with Crippen molar-refractivity contribution in [2.24, 2.45) is 0 Å². The highest BCUT2D eigenvalue weighted by molar-refractivity contribution is 7.17. The molecule has 3 nitrogen and oxygen atoms in total. The van der Waals surface area contributed by atoms with Crippen LogP contribution in [0.15, 0.2) is 29.6 Å². The highest BCUT2D eigenvalue weighted by Crippen LogP contribution is 2.26. The number of hydrogen-bond acceptors (Lipinski definition) is 3. The van der Waals surface area contributed by atoms with Crippen molar-refractivity contribution in [1.29, 1.82) is 0 Å². The summed E-state index contributed by atoms with van der Waals surface area (Å²) in [5, 5.41) is 6.43. The summed E-state index contributed by atoms with van der Waals surface area (Å²) in [5.74, 6) is 0.167. The SMILES string of the molecule is CC1CN(C(=O)c2csc3ccccc23)CCN1.Cl. The van der Waals surface area contributed by atoms with Gasteiger partial charge in [-0.3, -0.25) is 4.79 Å². The Hall–Kier alpha value is -1.10. The predicted molar refractivity (Wildman–Crippen MR) is 82.4 cm³/mol. The molecule has 1 saturated heterocycles. The molecule has 1 atom stereocenters. The largest absolute Gasteiger partial charge is 0.336 e. The van der Waals surface area contributed by atoms with Gasteiger partial charge in [0, 0.05) is 41.1 Å². The van der Waals surface area contributed by atoms with Gasteiger partial charge in [-0.15, -0.1) is 23.7 Å². The van der Waals surface area contributed by atoms with E-state index in [1.165, 1.54) is 4.70 Å². The molecule has 2 aromatic rings. The predicted octanol–water partition coefficient (Wildman–Crippen LogP) is 2.76. The van der Waals surface area contributed by atoms with Gasteiger partial charge in [-0.05, 0) is 13.0 Å². The summed E-state index contributed by atoms with van der Waals surface area (Å²) in [6.07, 6.45) is 0. The summed E-state index contributed by atoms with van der Waals surface area (Å²) >= 11 is 1.64. The van der Waals surface area contributed by atoms with Crippen LogP contribution in [-0.4, -0.2) is 36.5 Å². The van der Waals surface area contributed by atoms with E-state index in [-0.39, 0.29) is 18.3 Å². The van der Waals surface area contributed by atoms with E-state index in [1.54, 1.807) is 11.3 Å². The quantitative estimate of drug-likeness (QED) is 0.877. The second kappa shape index (κ2) is 5.90. The van der Waals surface area contributed by atoms with E-state index in [0.717, 1.165) is 30.6 Å². The number of piperazine rings is 1. The van der Waals surface area contributed by atoms with Crippen LogP contribution in [0.4, 0.5) is 0 Å². The molecule has 2 heterocycles. The first-order valence-electron chi connectivity index (χ1n) is 6.24. The maximum atomic E-state index is 12.5. The molecule has 3 rings (SSSR count). The van der Waals surface area contributed by atoms with E-state index in [0.29, 0.717) is 6.04 Å². The van der Waals surface area contributed by atoms with Gasteiger partial charge in [-0.1, -0.05) is 18.2 Å². The number of carbonyl (C=O) groups is 1. The molecule has 5 heteroatoms. The van der Waals surface area contributed by atoms with Gasteiger partial charge in [-0.2, -0.15) is 0 Å². The molecule has 1 N–H and O–H groups in total. The molecule has 1 aromatic carbocycles. The van der Waals surface area contributed by atoms with Crippen LogP contribution >= 0.6 is 23.7 Å². The minimum atomic E-state index is 0. The monoisotopic (exact) mass is 296 g/mol. The smallest absolute Gasteiger partial charge is 0.255 e. The fourth-order valence-electron chi connectivity index (χ4n) is 2.43. The van der Waals surface area contributed by atoms with Crippen LogP contribution in [-0.2, 0) is 0 Å². The van der Waals surface area contributed by atoms with Crippen molar-refractivity contribution in [2.75, 3.05) is 19.6 Å². The molecule has 1 amide bonds. The van der Waals surface area contributed by atoms with Crippen LogP contribution in [0, 0.1) is 0 Å². The Kier molecular flexibility index (Phi) is 4.45. The van der Waals surface area contributed by atoms with Gasteiger partial charge in [0.15, 0.2) is 0 Å². The number of nitrogens with one attached hydrogen (secondary N) is 1. The Morgan fingerprint density at radius 2 is 2.21 bits per heavy atom. The molecule has 0 bridgehead atoms. The van der Waals surface area contributed by atoms with Gasteiger partial charge < -0.3 is 10.2 Å². The van der Waals surface area contributed by atoms with Crippen LogP contribution in [0.3, 0.4) is 0 Å². The summed E-state index contributed by atoms with van der Waals surface area (Å²) in [7, 11) is 0. The molecule has 0 spiro atoms. The Morgan fingerprint density at radius 1 is 1.42 bits per heavy atom. The number of thiophene rings is 1. The van der Waals surface area contributed by atoms with E-state index in [4.69, 9.17) is 0 Å². The summed E-state index contributed by atoms with van der Waals surface area (Å²) in [6, 6.07) is 8.49. The van der Waals surface area contributed by atoms with E-state index in [9.17, 15) is 4.79 Å². The first-order chi connectivity index (χ1) is 8.75. The van der Waals surface area contributed by atoms with Crippen molar-refractivity contribution in [2.45, 2.75) is 13.0 Å². The van der Waals surface area contributed by atoms with E-state index in [2.05, 4.69) is 18.3 Å². The topological polar surface area (TPSA) is 32.3 Å². The number of carbonyl (C=O) groups excluding carboxylic acids is 1. The van der Waals surface area contributed by atoms with Gasteiger partial charge >= 0.3 is 0 Å². The molecule has 1 fully saturated rings.